The van der Waals surface area contributed by atoms with E-state index in [-0.39, 0.29) is 5.48 Å². The maximum Gasteiger partial charge on any atom is 0.0563 e. The molecule has 1 aromatic heterocycles. The molecule has 0 fully saturated rings. The molecule has 0 aliphatic rings. The normalized spacial score (nSPS) is 9.00. The minimum absolute atomic E-state index is 0. The van der Waals surface area contributed by atoms with Gasteiger partial charge in [0.25, 0.3) is 0 Å². The third-order valence-electron chi connectivity index (χ3n) is 0.566. The number of aliphatic hydroxyl groups is 1. The summed E-state index contributed by atoms with van der Waals surface area (Å²) in [5.41, 5.74) is -0.500. The lowest BCUT2D eigenvalue weighted by molar-refractivity contribution is 0.102. The van der Waals surface area contributed by atoms with Gasteiger partial charge in [-0.1, -0.05) is 6.07 Å². The van der Waals surface area contributed by atoms with Gasteiger partial charge in [0.1, 0.15) is 0 Å². The Balaban J connectivity index is 0. The first-order valence-electron chi connectivity index (χ1n) is 3.57. The molecule has 0 spiro atoms. The number of nitrogens with zero attached hydrogens (tertiary/aromatic N) is 1. The standard InChI is InChI=1S/C5H5N.C4H10O.H2O/c1-2-4-6-5-3-1;1-4(2,3)5;/h1-5H;5H,1-3H3;1H2. The molecule has 1 heterocycles. The van der Waals surface area contributed by atoms with Crippen LogP contribution in [0.1, 0.15) is 20.8 Å². The van der Waals surface area contributed by atoms with Gasteiger partial charge in [0.2, 0.25) is 0 Å². The molecule has 0 aromatic carbocycles. The molecule has 0 aliphatic heterocycles. The van der Waals surface area contributed by atoms with Crippen LogP contribution in [0.25, 0.3) is 0 Å². The second-order valence-corrected chi connectivity index (χ2v) is 3.20. The minimum Gasteiger partial charge on any atom is -0.412 e. The molecule has 12 heavy (non-hydrogen) atoms. The van der Waals surface area contributed by atoms with Crippen molar-refractivity contribution in [2.24, 2.45) is 0 Å². The minimum atomic E-state index is -0.500. The van der Waals surface area contributed by atoms with E-state index in [1.807, 2.05) is 18.2 Å². The van der Waals surface area contributed by atoms with Gasteiger partial charge in [-0.2, -0.15) is 0 Å². The third-order valence-corrected chi connectivity index (χ3v) is 0.566. The van der Waals surface area contributed by atoms with Crippen LogP contribution < -0.4 is 0 Å². The van der Waals surface area contributed by atoms with E-state index in [1.54, 1.807) is 33.2 Å². The number of aromatic nitrogens is 1. The average molecular weight is 171 g/mol. The molecule has 0 unspecified atom stereocenters. The fourth-order valence-corrected chi connectivity index (χ4v) is 0.313. The van der Waals surface area contributed by atoms with Gasteiger partial charge in [-0.15, -0.1) is 0 Å². The van der Waals surface area contributed by atoms with E-state index in [0.717, 1.165) is 0 Å². The van der Waals surface area contributed by atoms with Gasteiger partial charge in [-0.25, -0.2) is 0 Å². The van der Waals surface area contributed by atoms with Crippen LogP contribution in [0.4, 0.5) is 0 Å². The highest BCUT2D eigenvalue weighted by atomic mass is 16.3. The summed E-state index contributed by atoms with van der Waals surface area (Å²) < 4.78 is 0. The highest BCUT2D eigenvalue weighted by molar-refractivity contribution is 4.88. The molecular formula is C9H17NO2. The molecule has 0 radical (unpaired) electrons. The lowest BCUT2D eigenvalue weighted by atomic mass is 10.2. The quantitative estimate of drug-likeness (QED) is 0.633. The molecule has 0 aliphatic carbocycles. The summed E-state index contributed by atoms with van der Waals surface area (Å²) in [6.45, 7) is 5.23. The van der Waals surface area contributed by atoms with E-state index in [1.165, 1.54) is 0 Å². The van der Waals surface area contributed by atoms with Crippen molar-refractivity contribution < 1.29 is 10.6 Å². The Hall–Kier alpha value is -0.930. The van der Waals surface area contributed by atoms with Crippen LogP contribution in [0.3, 0.4) is 0 Å². The van der Waals surface area contributed by atoms with Gasteiger partial charge < -0.3 is 10.6 Å². The molecule has 0 bridgehead atoms. The number of rotatable bonds is 0. The molecule has 0 amide bonds. The second kappa shape index (κ2) is 6.76. The summed E-state index contributed by atoms with van der Waals surface area (Å²) in [6.07, 6.45) is 3.50. The van der Waals surface area contributed by atoms with Crippen molar-refractivity contribution in [2.45, 2.75) is 26.4 Å². The molecule has 1 rings (SSSR count). The summed E-state index contributed by atoms with van der Waals surface area (Å²) in [5.74, 6) is 0. The number of hydrogen-bond donors (Lipinski definition) is 1. The van der Waals surface area contributed by atoms with Crippen molar-refractivity contribution in [3.63, 3.8) is 0 Å². The van der Waals surface area contributed by atoms with Crippen molar-refractivity contribution in [2.75, 3.05) is 0 Å². The van der Waals surface area contributed by atoms with Crippen LogP contribution in [0.2, 0.25) is 0 Å². The van der Waals surface area contributed by atoms with Gasteiger partial charge >= 0.3 is 0 Å². The molecule has 70 valence electrons. The molecule has 0 saturated heterocycles. The molecule has 3 heteroatoms. The van der Waals surface area contributed by atoms with Gasteiger partial charge in [-0.05, 0) is 32.9 Å². The van der Waals surface area contributed by atoms with E-state index in [9.17, 15) is 0 Å². The fourth-order valence-electron chi connectivity index (χ4n) is 0.313. The highest BCUT2D eigenvalue weighted by Crippen LogP contribution is 1.93. The van der Waals surface area contributed by atoms with Crippen LogP contribution in [0.15, 0.2) is 30.6 Å². The second-order valence-electron chi connectivity index (χ2n) is 3.20. The first-order valence-corrected chi connectivity index (χ1v) is 3.57. The van der Waals surface area contributed by atoms with E-state index >= 15 is 0 Å². The van der Waals surface area contributed by atoms with Crippen molar-refractivity contribution >= 4 is 0 Å². The Morgan fingerprint density at radius 3 is 1.42 bits per heavy atom. The van der Waals surface area contributed by atoms with Crippen LogP contribution in [0, 0.1) is 0 Å². The van der Waals surface area contributed by atoms with Gasteiger partial charge in [0.15, 0.2) is 0 Å². The van der Waals surface area contributed by atoms with Gasteiger partial charge in [0.05, 0.1) is 5.60 Å². The zero-order valence-corrected chi connectivity index (χ0v) is 7.78. The van der Waals surface area contributed by atoms with Crippen LogP contribution in [-0.2, 0) is 0 Å². The average Bonchev–Trinajstić information content (AvgIpc) is 1.88. The molecule has 0 saturated carbocycles. The molecule has 3 nitrogen and oxygen atoms in total. The van der Waals surface area contributed by atoms with Crippen molar-refractivity contribution in [3.8, 4) is 0 Å². The first kappa shape index (κ1) is 13.6. The lowest BCUT2D eigenvalue weighted by Gasteiger charge is -2.04. The monoisotopic (exact) mass is 171 g/mol. The van der Waals surface area contributed by atoms with Crippen molar-refractivity contribution in [1.29, 1.82) is 0 Å². The van der Waals surface area contributed by atoms with Gasteiger partial charge in [0, 0.05) is 12.4 Å². The van der Waals surface area contributed by atoms with Crippen LogP contribution >= 0.6 is 0 Å². The Kier molecular flexibility index (Phi) is 7.69. The van der Waals surface area contributed by atoms with Crippen molar-refractivity contribution in [3.05, 3.63) is 30.6 Å². The number of pyridine rings is 1. The highest BCUT2D eigenvalue weighted by Gasteiger charge is 1.97. The Morgan fingerprint density at radius 2 is 1.33 bits per heavy atom. The Bertz CT molecular complexity index is 137. The lowest BCUT2D eigenvalue weighted by Crippen LogP contribution is -2.10. The largest absolute Gasteiger partial charge is 0.412 e. The van der Waals surface area contributed by atoms with Crippen molar-refractivity contribution in [1.82, 2.24) is 4.98 Å². The van der Waals surface area contributed by atoms with E-state index < -0.39 is 5.60 Å². The first-order chi connectivity index (χ1) is 5.00. The summed E-state index contributed by atoms with van der Waals surface area (Å²) in [6, 6.07) is 5.72. The predicted octanol–water partition coefficient (Wildman–Crippen LogP) is 1.03. The molecule has 3 N–H and O–H groups in total. The smallest absolute Gasteiger partial charge is 0.0563 e. The Morgan fingerprint density at radius 1 is 1.00 bits per heavy atom. The molecule has 1 aromatic rings. The van der Waals surface area contributed by atoms with E-state index in [0.29, 0.717) is 0 Å². The fraction of sp³-hybridized carbons (Fsp3) is 0.444. The summed E-state index contributed by atoms with van der Waals surface area (Å²) >= 11 is 0. The summed E-state index contributed by atoms with van der Waals surface area (Å²) in [4.78, 5) is 3.78. The van der Waals surface area contributed by atoms with Gasteiger partial charge in [-0.3, -0.25) is 4.98 Å². The van der Waals surface area contributed by atoms with E-state index in [2.05, 4.69) is 4.98 Å². The third kappa shape index (κ3) is 23.0. The maximum absolute atomic E-state index is 8.52. The maximum atomic E-state index is 8.52. The van der Waals surface area contributed by atoms with E-state index in [4.69, 9.17) is 5.11 Å². The SMILES string of the molecule is CC(C)(C)O.O.c1ccncc1. The Labute approximate surface area is 73.4 Å². The summed E-state index contributed by atoms with van der Waals surface area (Å²) in [7, 11) is 0. The number of hydrogen-bond acceptors (Lipinski definition) is 2. The van der Waals surface area contributed by atoms with Crippen LogP contribution in [-0.4, -0.2) is 21.2 Å². The van der Waals surface area contributed by atoms with Crippen LogP contribution in [0.5, 0.6) is 0 Å². The molecular weight excluding hydrogens is 154 g/mol. The predicted molar refractivity (Wildman–Crippen MR) is 49.8 cm³/mol. The zero-order valence-electron chi connectivity index (χ0n) is 7.78. The topological polar surface area (TPSA) is 64.6 Å². The molecule has 0 atom stereocenters. The zero-order chi connectivity index (χ0) is 8.74. The summed E-state index contributed by atoms with van der Waals surface area (Å²) in [5, 5.41) is 8.52.